The number of piperidine rings is 1. The third kappa shape index (κ3) is 2.96. The van der Waals surface area contributed by atoms with E-state index in [4.69, 9.17) is 9.40 Å². The number of amides is 1. The smallest absolute Gasteiger partial charge is 0.233 e. The molecule has 1 aromatic heterocycles. The molecule has 0 radical (unpaired) electrons. The lowest BCUT2D eigenvalue weighted by molar-refractivity contribution is -0.140. The summed E-state index contributed by atoms with van der Waals surface area (Å²) in [7, 11) is 2.14. The molecule has 1 saturated heterocycles. The summed E-state index contributed by atoms with van der Waals surface area (Å²) in [4.78, 5) is 23.0. The molecule has 1 amide bonds. The van der Waals surface area contributed by atoms with Crippen LogP contribution in [-0.2, 0) is 23.2 Å². The zero-order valence-electron chi connectivity index (χ0n) is 16.7. The summed E-state index contributed by atoms with van der Waals surface area (Å²) in [5, 5.41) is 0. The first kappa shape index (κ1) is 17.9. The number of benzene rings is 1. The fraction of sp³-hybridized carbons (Fsp3) is 0.565. The second-order valence-corrected chi connectivity index (χ2v) is 8.78. The van der Waals surface area contributed by atoms with Gasteiger partial charge in [-0.25, -0.2) is 4.98 Å². The van der Waals surface area contributed by atoms with Crippen LogP contribution in [0.3, 0.4) is 0 Å². The predicted octanol–water partition coefficient (Wildman–Crippen LogP) is 3.49. The van der Waals surface area contributed by atoms with Crippen LogP contribution in [0.4, 0.5) is 0 Å². The Morgan fingerprint density at radius 3 is 2.57 bits per heavy atom. The minimum Gasteiger partial charge on any atom is -0.445 e. The van der Waals surface area contributed by atoms with Crippen molar-refractivity contribution in [1.82, 2.24) is 14.8 Å². The zero-order valence-corrected chi connectivity index (χ0v) is 16.7. The number of nitrogens with zero attached hydrogens (tertiary/aromatic N) is 3. The van der Waals surface area contributed by atoms with Crippen LogP contribution in [0.5, 0.6) is 0 Å². The largest absolute Gasteiger partial charge is 0.445 e. The first-order valence-corrected chi connectivity index (χ1v) is 10.7. The lowest BCUT2D eigenvalue weighted by Gasteiger charge is -2.43. The Labute approximate surface area is 166 Å². The highest BCUT2D eigenvalue weighted by Gasteiger charge is 2.45. The number of carbonyl (C=O) groups excluding carboxylic acids is 1. The number of fused-ring (bicyclic) bond motifs is 1. The van der Waals surface area contributed by atoms with Crippen LogP contribution in [-0.4, -0.2) is 47.4 Å². The summed E-state index contributed by atoms with van der Waals surface area (Å²) < 4.78 is 6.05. The monoisotopic (exact) mass is 379 g/mol. The van der Waals surface area contributed by atoms with E-state index < -0.39 is 5.41 Å². The van der Waals surface area contributed by atoms with Crippen LogP contribution in [0.1, 0.15) is 60.9 Å². The molecular weight excluding hydrogens is 350 g/mol. The summed E-state index contributed by atoms with van der Waals surface area (Å²) in [6.07, 6.45) is 6.19. The van der Waals surface area contributed by atoms with Crippen molar-refractivity contribution in [3.05, 3.63) is 53.2 Å². The summed E-state index contributed by atoms with van der Waals surface area (Å²) in [6.45, 7) is 3.23. The van der Waals surface area contributed by atoms with Gasteiger partial charge in [-0.05, 0) is 51.4 Å². The van der Waals surface area contributed by atoms with Crippen molar-refractivity contribution in [2.24, 2.45) is 0 Å². The molecule has 0 bridgehead atoms. The fourth-order valence-electron chi connectivity index (χ4n) is 4.91. The highest BCUT2D eigenvalue weighted by atomic mass is 16.4. The van der Waals surface area contributed by atoms with Crippen molar-refractivity contribution in [3.8, 4) is 0 Å². The second-order valence-electron chi connectivity index (χ2n) is 8.78. The van der Waals surface area contributed by atoms with Gasteiger partial charge >= 0.3 is 0 Å². The summed E-state index contributed by atoms with van der Waals surface area (Å²) >= 11 is 0. The molecule has 0 N–H and O–H groups in total. The van der Waals surface area contributed by atoms with E-state index in [1.165, 1.54) is 19.3 Å². The minimum atomic E-state index is -0.411. The maximum absolute atomic E-state index is 13.8. The molecule has 28 heavy (non-hydrogen) atoms. The molecule has 0 unspecified atom stereocenters. The van der Waals surface area contributed by atoms with Crippen molar-refractivity contribution in [2.45, 2.75) is 56.4 Å². The molecule has 2 aromatic rings. The first-order chi connectivity index (χ1) is 13.7. The van der Waals surface area contributed by atoms with Crippen LogP contribution in [0.15, 0.2) is 34.7 Å². The lowest BCUT2D eigenvalue weighted by atomic mass is 9.71. The third-order valence-corrected chi connectivity index (χ3v) is 7.06. The van der Waals surface area contributed by atoms with E-state index >= 15 is 0 Å². The fourth-order valence-corrected chi connectivity index (χ4v) is 4.91. The van der Waals surface area contributed by atoms with Crippen molar-refractivity contribution in [2.75, 3.05) is 26.7 Å². The van der Waals surface area contributed by atoms with E-state index in [1.54, 1.807) is 0 Å². The predicted molar refractivity (Wildman–Crippen MR) is 107 cm³/mol. The van der Waals surface area contributed by atoms with Crippen LogP contribution in [0.2, 0.25) is 0 Å². The number of hydrogen-bond donors (Lipinski definition) is 0. The van der Waals surface area contributed by atoms with Gasteiger partial charge in [0.05, 0.1) is 12.0 Å². The Balaban J connectivity index is 1.41. The summed E-state index contributed by atoms with van der Waals surface area (Å²) in [6, 6.07) is 10.4. The lowest BCUT2D eigenvalue weighted by Crippen LogP contribution is -2.53. The van der Waals surface area contributed by atoms with Gasteiger partial charge in [0, 0.05) is 18.9 Å². The van der Waals surface area contributed by atoms with E-state index in [1.807, 2.05) is 11.0 Å². The molecule has 5 rings (SSSR count). The van der Waals surface area contributed by atoms with E-state index in [0.717, 1.165) is 61.8 Å². The Morgan fingerprint density at radius 1 is 1.14 bits per heavy atom. The quantitative estimate of drug-likeness (QED) is 0.819. The normalized spacial score (nSPS) is 22.5. The molecule has 2 aliphatic heterocycles. The molecule has 148 valence electrons. The minimum absolute atomic E-state index is 0.269. The van der Waals surface area contributed by atoms with Gasteiger partial charge in [0.2, 0.25) is 5.91 Å². The van der Waals surface area contributed by atoms with Crippen LogP contribution in [0, 0.1) is 0 Å². The van der Waals surface area contributed by atoms with Gasteiger partial charge in [-0.2, -0.15) is 0 Å². The average molecular weight is 380 g/mol. The Morgan fingerprint density at radius 2 is 1.89 bits per heavy atom. The highest BCUT2D eigenvalue weighted by Crippen LogP contribution is 2.40. The summed E-state index contributed by atoms with van der Waals surface area (Å²) in [5.41, 5.74) is 1.73. The highest BCUT2D eigenvalue weighted by molar-refractivity contribution is 5.88. The topological polar surface area (TPSA) is 49.6 Å². The molecule has 0 atom stereocenters. The molecule has 0 spiro atoms. The van der Waals surface area contributed by atoms with E-state index in [-0.39, 0.29) is 5.91 Å². The van der Waals surface area contributed by atoms with Gasteiger partial charge in [0.25, 0.3) is 0 Å². The Bertz CT molecular complexity index is 848. The molecule has 3 heterocycles. The number of aromatic nitrogens is 1. The zero-order chi connectivity index (χ0) is 19.1. The number of rotatable bonds is 3. The van der Waals surface area contributed by atoms with Crippen molar-refractivity contribution >= 4 is 5.91 Å². The summed E-state index contributed by atoms with van der Waals surface area (Å²) in [5.74, 6) is 2.68. The van der Waals surface area contributed by atoms with Crippen LogP contribution < -0.4 is 0 Å². The molecule has 5 heteroatoms. The molecule has 2 fully saturated rings. The number of carbonyl (C=O) groups is 1. The maximum atomic E-state index is 13.8. The number of hydrogen-bond acceptors (Lipinski definition) is 4. The van der Waals surface area contributed by atoms with Crippen molar-refractivity contribution < 1.29 is 9.21 Å². The van der Waals surface area contributed by atoms with Gasteiger partial charge in [0.15, 0.2) is 5.89 Å². The molecule has 3 aliphatic rings. The number of likely N-dealkylation sites (tertiary alicyclic amines) is 1. The Kier molecular flexibility index (Phi) is 4.50. The molecule has 1 saturated carbocycles. The van der Waals surface area contributed by atoms with Crippen LogP contribution >= 0.6 is 0 Å². The van der Waals surface area contributed by atoms with Crippen molar-refractivity contribution in [1.29, 1.82) is 0 Å². The maximum Gasteiger partial charge on any atom is 0.233 e. The molecule has 1 aliphatic carbocycles. The molecule has 5 nitrogen and oxygen atoms in total. The first-order valence-electron chi connectivity index (χ1n) is 10.7. The molecule has 1 aromatic carbocycles. The third-order valence-electron chi connectivity index (χ3n) is 7.06. The van der Waals surface area contributed by atoms with E-state index in [0.29, 0.717) is 12.5 Å². The average Bonchev–Trinajstić information content (AvgIpc) is 3.10. The Hall–Kier alpha value is -2.14. The molecular formula is C23H29N3O2. The van der Waals surface area contributed by atoms with E-state index in [9.17, 15) is 4.79 Å². The SMILES string of the molecule is CN1CCC(C(=O)N2CCc3oc(C4CCC4)nc3C2)(c2ccccc2)CC1. The van der Waals surface area contributed by atoms with Gasteiger partial charge < -0.3 is 14.2 Å². The van der Waals surface area contributed by atoms with Gasteiger partial charge in [-0.1, -0.05) is 36.8 Å². The van der Waals surface area contributed by atoms with Gasteiger partial charge in [-0.15, -0.1) is 0 Å². The van der Waals surface area contributed by atoms with Crippen molar-refractivity contribution in [3.63, 3.8) is 0 Å². The standard InChI is InChI=1S/C23H29N3O2/c1-25-14-11-23(12-15-25,18-8-3-2-4-9-18)22(27)26-13-10-20-19(16-26)24-21(28-20)17-6-5-7-17/h2-4,8-9,17H,5-7,10-16H2,1H3. The number of oxazole rings is 1. The van der Waals surface area contributed by atoms with E-state index in [2.05, 4.69) is 36.2 Å². The van der Waals surface area contributed by atoms with Crippen LogP contribution in [0.25, 0.3) is 0 Å². The van der Waals surface area contributed by atoms with Gasteiger partial charge in [0.1, 0.15) is 11.5 Å². The second kappa shape index (κ2) is 7.03. The van der Waals surface area contributed by atoms with Gasteiger partial charge in [-0.3, -0.25) is 4.79 Å².